The number of thiophene rings is 1. The predicted molar refractivity (Wildman–Crippen MR) is 85.2 cm³/mol. The Labute approximate surface area is 124 Å². The van der Waals surface area contributed by atoms with E-state index >= 15 is 0 Å². The summed E-state index contributed by atoms with van der Waals surface area (Å²) in [5.41, 5.74) is 2.66. The largest absolute Gasteiger partial charge is 0.309 e. The van der Waals surface area contributed by atoms with Crippen molar-refractivity contribution in [2.75, 3.05) is 7.05 Å². The quantitative estimate of drug-likeness (QED) is 0.826. The molecule has 1 heterocycles. The van der Waals surface area contributed by atoms with E-state index < -0.39 is 0 Å². The van der Waals surface area contributed by atoms with Crippen LogP contribution in [0.3, 0.4) is 0 Å². The maximum absolute atomic E-state index is 6.23. The van der Waals surface area contributed by atoms with Crippen molar-refractivity contribution in [2.45, 2.75) is 26.3 Å². The Bertz CT molecular complexity index is 516. The fourth-order valence-electron chi connectivity index (χ4n) is 2.28. The molecule has 0 saturated heterocycles. The van der Waals surface area contributed by atoms with Crippen LogP contribution in [0.15, 0.2) is 35.7 Å². The molecule has 3 heteroatoms. The highest BCUT2D eigenvalue weighted by atomic mass is 35.5. The van der Waals surface area contributed by atoms with Crippen molar-refractivity contribution >= 4 is 22.9 Å². The molecule has 0 bridgehead atoms. The van der Waals surface area contributed by atoms with Crippen molar-refractivity contribution in [1.29, 1.82) is 0 Å². The van der Waals surface area contributed by atoms with Crippen LogP contribution in [0.4, 0.5) is 0 Å². The monoisotopic (exact) mass is 293 g/mol. The second kappa shape index (κ2) is 6.56. The minimum atomic E-state index is 0.181. The molecule has 0 saturated carbocycles. The van der Waals surface area contributed by atoms with Crippen LogP contribution >= 0.6 is 22.9 Å². The van der Waals surface area contributed by atoms with E-state index in [2.05, 4.69) is 43.4 Å². The van der Waals surface area contributed by atoms with E-state index in [-0.39, 0.29) is 6.04 Å². The van der Waals surface area contributed by atoms with Crippen LogP contribution in [-0.2, 0) is 6.42 Å². The Morgan fingerprint density at radius 3 is 2.32 bits per heavy atom. The SMILES string of the molecule is CNC(c1ccc(CC(C)C)cc1)c1sccc1Cl. The first-order valence-electron chi connectivity index (χ1n) is 6.60. The van der Waals surface area contributed by atoms with E-state index in [0.717, 1.165) is 11.4 Å². The Kier molecular flexibility index (Phi) is 5.03. The van der Waals surface area contributed by atoms with Crippen LogP contribution < -0.4 is 5.32 Å². The van der Waals surface area contributed by atoms with Gasteiger partial charge in [-0.3, -0.25) is 0 Å². The molecule has 0 fully saturated rings. The summed E-state index contributed by atoms with van der Waals surface area (Å²) in [6, 6.07) is 11.0. The third-order valence-electron chi connectivity index (χ3n) is 3.15. The Balaban J connectivity index is 2.22. The summed E-state index contributed by atoms with van der Waals surface area (Å²) in [7, 11) is 1.97. The molecule has 0 aliphatic rings. The number of hydrogen-bond acceptors (Lipinski definition) is 2. The molecule has 0 spiro atoms. The van der Waals surface area contributed by atoms with Gasteiger partial charge in [0.15, 0.2) is 0 Å². The van der Waals surface area contributed by atoms with Gasteiger partial charge in [0.05, 0.1) is 11.1 Å². The first-order chi connectivity index (χ1) is 9.11. The molecular formula is C16H20ClNS. The average Bonchev–Trinajstić information content (AvgIpc) is 2.78. The zero-order valence-corrected chi connectivity index (χ0v) is 13.2. The van der Waals surface area contributed by atoms with Crippen molar-refractivity contribution in [2.24, 2.45) is 5.92 Å². The highest BCUT2D eigenvalue weighted by molar-refractivity contribution is 7.10. The smallest absolute Gasteiger partial charge is 0.0683 e. The average molecular weight is 294 g/mol. The first-order valence-corrected chi connectivity index (χ1v) is 7.86. The van der Waals surface area contributed by atoms with Gasteiger partial charge in [0.2, 0.25) is 0 Å². The van der Waals surface area contributed by atoms with Gasteiger partial charge in [-0.25, -0.2) is 0 Å². The molecule has 1 unspecified atom stereocenters. The van der Waals surface area contributed by atoms with Crippen molar-refractivity contribution in [3.63, 3.8) is 0 Å². The highest BCUT2D eigenvalue weighted by Crippen LogP contribution is 2.32. The lowest BCUT2D eigenvalue weighted by Crippen LogP contribution is -2.16. The standard InChI is InChI=1S/C16H20ClNS/c1-11(2)10-12-4-6-13(7-5-12)15(18-3)16-14(17)8-9-19-16/h4-9,11,15,18H,10H2,1-3H3. The van der Waals surface area contributed by atoms with Crippen LogP contribution in [0, 0.1) is 5.92 Å². The van der Waals surface area contributed by atoms with Gasteiger partial charge in [0, 0.05) is 4.88 Å². The lowest BCUT2D eigenvalue weighted by Gasteiger charge is -2.16. The zero-order chi connectivity index (χ0) is 13.8. The molecule has 0 radical (unpaired) electrons. The molecule has 102 valence electrons. The van der Waals surface area contributed by atoms with Gasteiger partial charge >= 0.3 is 0 Å². The summed E-state index contributed by atoms with van der Waals surface area (Å²) in [5, 5.41) is 6.23. The van der Waals surface area contributed by atoms with Crippen molar-refractivity contribution in [1.82, 2.24) is 5.32 Å². The van der Waals surface area contributed by atoms with Crippen molar-refractivity contribution < 1.29 is 0 Å². The molecule has 1 nitrogen and oxygen atoms in total. The summed E-state index contributed by atoms with van der Waals surface area (Å²) in [6.45, 7) is 4.49. The van der Waals surface area contributed by atoms with Crippen LogP contribution in [-0.4, -0.2) is 7.05 Å². The van der Waals surface area contributed by atoms with Crippen LogP contribution in [0.25, 0.3) is 0 Å². The second-order valence-corrected chi connectivity index (χ2v) is 6.55. The lowest BCUT2D eigenvalue weighted by atomic mass is 9.99. The third-order valence-corrected chi connectivity index (χ3v) is 4.58. The van der Waals surface area contributed by atoms with Gasteiger partial charge in [0.25, 0.3) is 0 Å². The minimum Gasteiger partial charge on any atom is -0.309 e. The maximum Gasteiger partial charge on any atom is 0.0683 e. The second-order valence-electron chi connectivity index (χ2n) is 5.19. The number of hydrogen-bond donors (Lipinski definition) is 1. The topological polar surface area (TPSA) is 12.0 Å². The molecular weight excluding hydrogens is 274 g/mol. The molecule has 1 aromatic heterocycles. The van der Waals surface area contributed by atoms with Gasteiger partial charge < -0.3 is 5.32 Å². The van der Waals surface area contributed by atoms with Gasteiger partial charge in [-0.05, 0) is 42.0 Å². The highest BCUT2D eigenvalue weighted by Gasteiger charge is 2.16. The molecule has 2 rings (SSSR count). The summed E-state index contributed by atoms with van der Waals surface area (Å²) in [5.74, 6) is 0.692. The van der Waals surface area contributed by atoms with Gasteiger partial charge in [-0.1, -0.05) is 49.7 Å². The number of halogens is 1. The van der Waals surface area contributed by atoms with Crippen molar-refractivity contribution in [3.05, 3.63) is 56.7 Å². The van der Waals surface area contributed by atoms with Crippen molar-refractivity contribution in [3.8, 4) is 0 Å². The molecule has 1 N–H and O–H groups in total. The maximum atomic E-state index is 6.23. The number of rotatable bonds is 5. The van der Waals surface area contributed by atoms with E-state index in [1.165, 1.54) is 16.0 Å². The summed E-state index contributed by atoms with van der Waals surface area (Å²) < 4.78 is 0. The van der Waals surface area contributed by atoms with E-state index in [1.807, 2.05) is 18.5 Å². The van der Waals surface area contributed by atoms with Crippen LogP contribution in [0.1, 0.15) is 35.9 Å². The van der Waals surface area contributed by atoms with E-state index in [9.17, 15) is 0 Å². The fraction of sp³-hybridized carbons (Fsp3) is 0.375. The van der Waals surface area contributed by atoms with Gasteiger partial charge in [0.1, 0.15) is 0 Å². The summed E-state index contributed by atoms with van der Waals surface area (Å²) >= 11 is 7.93. The Morgan fingerprint density at radius 1 is 1.16 bits per heavy atom. The Morgan fingerprint density at radius 2 is 1.84 bits per heavy atom. The first kappa shape index (κ1) is 14.6. The fourth-order valence-corrected chi connectivity index (χ4v) is 3.58. The van der Waals surface area contributed by atoms with E-state index in [4.69, 9.17) is 11.6 Å². The molecule has 19 heavy (non-hydrogen) atoms. The van der Waals surface area contributed by atoms with Crippen LogP contribution in [0.2, 0.25) is 5.02 Å². The normalized spacial score (nSPS) is 12.9. The molecule has 0 aliphatic carbocycles. The van der Waals surface area contributed by atoms with Gasteiger partial charge in [-0.15, -0.1) is 11.3 Å². The van der Waals surface area contributed by atoms with Crippen LogP contribution in [0.5, 0.6) is 0 Å². The van der Waals surface area contributed by atoms with E-state index in [1.54, 1.807) is 11.3 Å². The van der Waals surface area contributed by atoms with Gasteiger partial charge in [-0.2, -0.15) is 0 Å². The summed E-state index contributed by atoms with van der Waals surface area (Å²) in [6.07, 6.45) is 1.13. The molecule has 2 aromatic rings. The molecule has 0 amide bonds. The summed E-state index contributed by atoms with van der Waals surface area (Å²) in [4.78, 5) is 1.18. The number of benzene rings is 1. The minimum absolute atomic E-state index is 0.181. The molecule has 0 aliphatic heterocycles. The predicted octanol–water partition coefficient (Wildman–Crippen LogP) is 4.91. The Hall–Kier alpha value is -0.830. The number of nitrogens with one attached hydrogen (secondary N) is 1. The molecule has 1 atom stereocenters. The van der Waals surface area contributed by atoms with E-state index in [0.29, 0.717) is 5.92 Å². The lowest BCUT2D eigenvalue weighted by molar-refractivity contribution is 0.646. The molecule has 1 aromatic carbocycles. The third kappa shape index (κ3) is 3.59. The zero-order valence-electron chi connectivity index (χ0n) is 11.6.